The highest BCUT2D eigenvalue weighted by atomic mass is 35.5. The first-order valence-corrected chi connectivity index (χ1v) is 10.5. The summed E-state index contributed by atoms with van der Waals surface area (Å²) < 4.78 is 21.2. The minimum absolute atomic E-state index is 0.152. The fraction of sp³-hybridized carbons (Fsp3) is 0.0833. The first-order chi connectivity index (χ1) is 15.5. The summed E-state index contributed by atoms with van der Waals surface area (Å²) >= 11 is 11.9. The van der Waals surface area contributed by atoms with E-state index in [2.05, 4.69) is 10.4 Å². The van der Waals surface area contributed by atoms with Gasteiger partial charge in [0.15, 0.2) is 0 Å². The first-order valence-electron chi connectivity index (χ1n) is 9.72. The van der Waals surface area contributed by atoms with E-state index in [0.717, 1.165) is 5.56 Å². The quantitative estimate of drug-likeness (QED) is 0.350. The van der Waals surface area contributed by atoms with Gasteiger partial charge in [0, 0.05) is 27.4 Å². The van der Waals surface area contributed by atoms with Crippen LogP contribution in [0.2, 0.25) is 10.0 Å². The van der Waals surface area contributed by atoms with E-state index in [1.807, 2.05) is 6.07 Å². The van der Waals surface area contributed by atoms with E-state index in [9.17, 15) is 9.18 Å². The molecule has 162 valence electrons. The Bertz CT molecular complexity index is 1220. The number of carbonyl (C=O) groups is 1. The number of nitrogens with zero attached hydrogens (tertiary/aromatic N) is 2. The Morgan fingerprint density at radius 3 is 2.62 bits per heavy atom. The third-order valence-electron chi connectivity index (χ3n) is 4.68. The third-order valence-corrected chi connectivity index (χ3v) is 5.29. The maximum Gasteiger partial charge on any atom is 0.255 e. The van der Waals surface area contributed by atoms with E-state index >= 15 is 0 Å². The van der Waals surface area contributed by atoms with E-state index in [0.29, 0.717) is 39.2 Å². The van der Waals surface area contributed by atoms with Crippen LogP contribution in [0.25, 0.3) is 0 Å². The largest absolute Gasteiger partial charge is 0.489 e. The lowest BCUT2D eigenvalue weighted by Gasteiger charge is -2.08. The van der Waals surface area contributed by atoms with Crippen molar-refractivity contribution in [2.45, 2.75) is 13.2 Å². The van der Waals surface area contributed by atoms with Crippen LogP contribution in [-0.2, 0) is 13.2 Å². The lowest BCUT2D eigenvalue weighted by atomic mass is 10.1. The van der Waals surface area contributed by atoms with Crippen LogP contribution < -0.4 is 10.1 Å². The van der Waals surface area contributed by atoms with Crippen LogP contribution in [0.1, 0.15) is 21.5 Å². The van der Waals surface area contributed by atoms with Gasteiger partial charge in [0.1, 0.15) is 18.2 Å². The molecule has 0 fully saturated rings. The summed E-state index contributed by atoms with van der Waals surface area (Å²) in [4.78, 5) is 12.7. The predicted octanol–water partition coefficient (Wildman–Crippen LogP) is 6.21. The maximum atomic E-state index is 14.0. The number of amides is 1. The van der Waals surface area contributed by atoms with Crippen LogP contribution in [0.3, 0.4) is 0 Å². The van der Waals surface area contributed by atoms with E-state index in [1.54, 1.807) is 60.8 Å². The molecule has 0 spiro atoms. The number of hydrogen-bond acceptors (Lipinski definition) is 3. The topological polar surface area (TPSA) is 56.2 Å². The van der Waals surface area contributed by atoms with Gasteiger partial charge in [-0.1, -0.05) is 41.4 Å². The van der Waals surface area contributed by atoms with Gasteiger partial charge in [0.25, 0.3) is 5.91 Å². The van der Waals surface area contributed by atoms with E-state index in [1.165, 1.54) is 16.9 Å². The summed E-state index contributed by atoms with van der Waals surface area (Å²) in [5, 5.41) is 7.93. The molecule has 0 aliphatic heterocycles. The Labute approximate surface area is 194 Å². The van der Waals surface area contributed by atoms with Crippen LogP contribution in [0.15, 0.2) is 79.1 Å². The van der Waals surface area contributed by atoms with Gasteiger partial charge in [-0.2, -0.15) is 5.10 Å². The van der Waals surface area contributed by atoms with Gasteiger partial charge in [-0.05, 0) is 54.1 Å². The average molecular weight is 470 g/mol. The van der Waals surface area contributed by atoms with Crippen molar-refractivity contribution in [2.24, 2.45) is 0 Å². The fourth-order valence-corrected chi connectivity index (χ4v) is 3.41. The molecule has 0 radical (unpaired) electrons. The lowest BCUT2D eigenvalue weighted by Crippen LogP contribution is -2.12. The second-order valence-electron chi connectivity index (χ2n) is 7.02. The highest BCUT2D eigenvalue weighted by Crippen LogP contribution is 2.21. The van der Waals surface area contributed by atoms with Gasteiger partial charge in [-0.25, -0.2) is 4.39 Å². The van der Waals surface area contributed by atoms with Crippen LogP contribution in [0.5, 0.6) is 5.75 Å². The molecule has 0 aliphatic rings. The highest BCUT2D eigenvalue weighted by Gasteiger charge is 2.11. The Hall–Kier alpha value is -3.35. The summed E-state index contributed by atoms with van der Waals surface area (Å²) in [6.45, 7) is 0.461. The highest BCUT2D eigenvalue weighted by molar-refractivity contribution is 6.31. The third kappa shape index (κ3) is 5.46. The zero-order valence-corrected chi connectivity index (χ0v) is 18.3. The summed E-state index contributed by atoms with van der Waals surface area (Å²) in [5.41, 5.74) is 2.15. The van der Waals surface area contributed by atoms with Crippen molar-refractivity contribution in [1.82, 2.24) is 9.78 Å². The van der Waals surface area contributed by atoms with Gasteiger partial charge >= 0.3 is 0 Å². The minimum Gasteiger partial charge on any atom is -0.489 e. The predicted molar refractivity (Wildman–Crippen MR) is 123 cm³/mol. The van der Waals surface area contributed by atoms with Gasteiger partial charge in [0.05, 0.1) is 18.4 Å². The van der Waals surface area contributed by atoms with E-state index in [-0.39, 0.29) is 12.5 Å². The van der Waals surface area contributed by atoms with Gasteiger partial charge in [-0.3, -0.25) is 9.48 Å². The van der Waals surface area contributed by atoms with Gasteiger partial charge in [-0.15, -0.1) is 0 Å². The molecule has 1 aromatic heterocycles. The average Bonchev–Trinajstić information content (AvgIpc) is 3.23. The SMILES string of the molecule is O=C(Nc1cnn(Cc2c(F)cccc2Cl)c1)c1cccc(COc2ccc(Cl)cc2)c1. The molecule has 4 rings (SSSR count). The molecular weight excluding hydrogens is 452 g/mol. The normalized spacial score (nSPS) is 10.7. The van der Waals surface area contributed by atoms with Crippen LogP contribution in [-0.4, -0.2) is 15.7 Å². The van der Waals surface area contributed by atoms with Crippen LogP contribution in [0, 0.1) is 5.82 Å². The number of ether oxygens (including phenoxy) is 1. The number of benzene rings is 3. The summed E-state index contributed by atoms with van der Waals surface area (Å²) in [5.74, 6) is -0.00957. The number of aromatic nitrogens is 2. The summed E-state index contributed by atoms with van der Waals surface area (Å²) in [7, 11) is 0. The smallest absolute Gasteiger partial charge is 0.255 e. The molecule has 4 aromatic rings. The molecule has 3 aromatic carbocycles. The second-order valence-corrected chi connectivity index (χ2v) is 7.87. The van der Waals surface area contributed by atoms with Crippen molar-refractivity contribution >= 4 is 34.8 Å². The number of anilines is 1. The molecule has 8 heteroatoms. The maximum absolute atomic E-state index is 14.0. The summed E-state index contributed by atoms with van der Waals surface area (Å²) in [6, 6.07) is 18.7. The monoisotopic (exact) mass is 469 g/mol. The van der Waals surface area contributed by atoms with Crippen molar-refractivity contribution < 1.29 is 13.9 Å². The van der Waals surface area contributed by atoms with Gasteiger partial charge in [0.2, 0.25) is 0 Å². The lowest BCUT2D eigenvalue weighted by molar-refractivity contribution is 0.102. The van der Waals surface area contributed by atoms with Crippen molar-refractivity contribution in [3.8, 4) is 5.75 Å². The number of rotatable bonds is 7. The molecule has 0 unspecified atom stereocenters. The molecule has 5 nitrogen and oxygen atoms in total. The first kappa shape index (κ1) is 21.9. The number of carbonyl (C=O) groups excluding carboxylic acids is 1. The van der Waals surface area contributed by atoms with Crippen molar-refractivity contribution in [1.29, 1.82) is 0 Å². The van der Waals surface area contributed by atoms with Crippen LogP contribution in [0.4, 0.5) is 10.1 Å². The molecule has 1 heterocycles. The van der Waals surface area contributed by atoms with Gasteiger partial charge < -0.3 is 10.1 Å². The van der Waals surface area contributed by atoms with Crippen molar-refractivity contribution in [3.05, 3.63) is 112 Å². The van der Waals surface area contributed by atoms with E-state index < -0.39 is 5.82 Å². The zero-order chi connectivity index (χ0) is 22.5. The molecule has 32 heavy (non-hydrogen) atoms. The molecule has 0 bridgehead atoms. The fourth-order valence-electron chi connectivity index (χ4n) is 3.06. The Morgan fingerprint density at radius 2 is 1.84 bits per heavy atom. The molecule has 0 saturated heterocycles. The summed E-state index contributed by atoms with van der Waals surface area (Å²) in [6.07, 6.45) is 3.12. The molecule has 0 aliphatic carbocycles. The molecule has 1 amide bonds. The molecular formula is C24H18Cl2FN3O2. The molecule has 1 N–H and O–H groups in total. The second kappa shape index (κ2) is 9.85. The molecule has 0 saturated carbocycles. The minimum atomic E-state index is -0.406. The number of nitrogens with one attached hydrogen (secondary N) is 1. The Balaban J connectivity index is 1.39. The van der Waals surface area contributed by atoms with Crippen molar-refractivity contribution in [3.63, 3.8) is 0 Å². The van der Waals surface area contributed by atoms with E-state index in [4.69, 9.17) is 27.9 Å². The molecule has 0 atom stereocenters. The standard InChI is InChI=1S/C24H18Cl2FN3O2/c25-18-7-9-20(10-8-18)32-15-16-3-1-4-17(11-16)24(31)29-19-12-28-30(13-19)14-21-22(26)5-2-6-23(21)27/h1-13H,14-15H2,(H,29,31). The van der Waals surface area contributed by atoms with Crippen molar-refractivity contribution in [2.75, 3.05) is 5.32 Å². The Kier molecular flexibility index (Phi) is 6.73. The number of halogens is 3. The zero-order valence-electron chi connectivity index (χ0n) is 16.8. The van der Waals surface area contributed by atoms with Crippen LogP contribution >= 0.6 is 23.2 Å². The number of hydrogen-bond donors (Lipinski definition) is 1. The Morgan fingerprint density at radius 1 is 1.06 bits per heavy atom.